The Labute approximate surface area is 252 Å². The van der Waals surface area contributed by atoms with Crippen molar-refractivity contribution >= 4 is 22.5 Å². The summed E-state index contributed by atoms with van der Waals surface area (Å²) in [6.45, 7) is 7.83. The molecule has 0 saturated carbocycles. The first-order valence-electron chi connectivity index (χ1n) is 15.3. The molecule has 1 aliphatic heterocycles. The van der Waals surface area contributed by atoms with E-state index in [1.165, 1.54) is 28.4 Å². The van der Waals surface area contributed by atoms with E-state index >= 15 is 0 Å². The van der Waals surface area contributed by atoms with Gasteiger partial charge in [-0.2, -0.15) is 0 Å². The van der Waals surface area contributed by atoms with E-state index in [0.717, 1.165) is 54.7 Å². The highest BCUT2D eigenvalue weighted by Crippen LogP contribution is 2.38. The molecule has 2 aromatic heterocycles. The lowest BCUT2D eigenvalue weighted by Crippen LogP contribution is -2.43. The van der Waals surface area contributed by atoms with Gasteiger partial charge in [-0.05, 0) is 69.4 Å². The standard InChI is InChI=1S/C33H44N6O4/c1-23-13-12-16-27(25(23)3)38-19-11-7-6-8-14-26(39(21-24(2)40)43-29-17-10-9-15-28(29)38)18-20-37-22-34-31-30(37)32(41)36(5)33(42)35(31)4/h9-10,12-13,15-17,22,24,26,40H,6-8,11,14,18-21H2,1-5H3. The number of aryl methyl sites for hydroxylation is 3. The van der Waals surface area contributed by atoms with Crippen molar-refractivity contribution in [2.24, 2.45) is 14.1 Å². The average Bonchev–Trinajstić information content (AvgIpc) is 3.41. The largest absolute Gasteiger partial charge is 0.403 e. The monoisotopic (exact) mass is 588 g/mol. The number of para-hydroxylation sites is 2. The zero-order chi connectivity index (χ0) is 30.7. The molecule has 0 amide bonds. The van der Waals surface area contributed by atoms with Crippen molar-refractivity contribution in [2.45, 2.75) is 78.0 Å². The number of aliphatic hydroxyl groups is 1. The number of hydroxylamine groups is 2. The molecule has 5 rings (SSSR count). The number of imidazole rings is 1. The van der Waals surface area contributed by atoms with Gasteiger partial charge in [0.05, 0.1) is 24.7 Å². The molecule has 0 aliphatic carbocycles. The first kappa shape index (κ1) is 30.6. The van der Waals surface area contributed by atoms with Crippen LogP contribution in [0.5, 0.6) is 5.75 Å². The molecule has 2 aromatic carbocycles. The molecule has 0 fully saturated rings. The molecule has 0 spiro atoms. The van der Waals surface area contributed by atoms with Crippen molar-refractivity contribution in [3.63, 3.8) is 0 Å². The number of hydrogen-bond acceptors (Lipinski definition) is 7. The van der Waals surface area contributed by atoms with Crippen LogP contribution in [0.25, 0.3) is 11.2 Å². The number of aliphatic hydroxyl groups excluding tert-OH is 1. The lowest BCUT2D eigenvalue weighted by molar-refractivity contribution is -0.119. The van der Waals surface area contributed by atoms with E-state index in [9.17, 15) is 14.7 Å². The number of benzene rings is 2. The summed E-state index contributed by atoms with van der Waals surface area (Å²) in [7, 11) is 3.12. The van der Waals surface area contributed by atoms with Gasteiger partial charge in [-0.1, -0.05) is 43.5 Å². The topological polar surface area (TPSA) is 97.8 Å². The Hall–Kier alpha value is -3.89. The molecule has 230 valence electrons. The summed E-state index contributed by atoms with van der Waals surface area (Å²) in [4.78, 5) is 39.0. The van der Waals surface area contributed by atoms with E-state index in [-0.39, 0.29) is 11.6 Å². The van der Waals surface area contributed by atoms with Crippen LogP contribution in [0, 0.1) is 13.8 Å². The van der Waals surface area contributed by atoms with Crippen molar-refractivity contribution < 1.29 is 9.94 Å². The molecule has 0 bridgehead atoms. The minimum atomic E-state index is -0.603. The second-order valence-corrected chi connectivity index (χ2v) is 11.8. The van der Waals surface area contributed by atoms with Gasteiger partial charge in [-0.15, -0.1) is 5.06 Å². The Balaban J connectivity index is 1.50. The molecule has 0 radical (unpaired) electrons. The molecule has 10 heteroatoms. The third-order valence-corrected chi connectivity index (χ3v) is 8.68. The minimum absolute atomic E-state index is 0.0231. The Morgan fingerprint density at radius 3 is 2.51 bits per heavy atom. The minimum Gasteiger partial charge on any atom is -0.403 e. The van der Waals surface area contributed by atoms with Crippen LogP contribution in [0.3, 0.4) is 0 Å². The summed E-state index contributed by atoms with van der Waals surface area (Å²) in [6.07, 6.45) is 6.89. The van der Waals surface area contributed by atoms with Gasteiger partial charge in [0, 0.05) is 38.9 Å². The number of nitrogens with zero attached hydrogens (tertiary/aromatic N) is 6. The van der Waals surface area contributed by atoms with Gasteiger partial charge >= 0.3 is 5.69 Å². The first-order valence-corrected chi connectivity index (χ1v) is 15.3. The molecular formula is C33H44N6O4. The lowest BCUT2D eigenvalue weighted by atomic mass is 10.0. The zero-order valence-electron chi connectivity index (χ0n) is 26.0. The van der Waals surface area contributed by atoms with Crippen molar-refractivity contribution in [1.29, 1.82) is 0 Å². The van der Waals surface area contributed by atoms with Gasteiger partial charge in [0.2, 0.25) is 0 Å². The van der Waals surface area contributed by atoms with Crippen molar-refractivity contribution in [2.75, 3.05) is 18.0 Å². The SMILES string of the molecule is Cc1cccc(N2CCCCCCC(CCn3cnc4c3c(=O)n(C)c(=O)n4C)N(CC(C)O)Oc3ccccc32)c1C. The second-order valence-electron chi connectivity index (χ2n) is 11.8. The molecule has 1 aliphatic rings. The molecule has 10 nitrogen and oxygen atoms in total. The number of aromatic nitrogens is 4. The second kappa shape index (κ2) is 13.2. The van der Waals surface area contributed by atoms with Crippen LogP contribution in [0.4, 0.5) is 11.4 Å². The molecular weight excluding hydrogens is 544 g/mol. The van der Waals surface area contributed by atoms with Gasteiger partial charge < -0.3 is 19.4 Å². The third kappa shape index (κ3) is 6.40. The van der Waals surface area contributed by atoms with E-state index in [4.69, 9.17) is 4.84 Å². The van der Waals surface area contributed by atoms with Crippen LogP contribution >= 0.6 is 0 Å². The number of β-amino-alcohol motifs (C(OH)–C–C–N with tert-alkyl or cyclic N) is 1. The van der Waals surface area contributed by atoms with Crippen LogP contribution in [-0.2, 0) is 20.6 Å². The van der Waals surface area contributed by atoms with Gasteiger partial charge in [-0.25, -0.2) is 9.78 Å². The third-order valence-electron chi connectivity index (χ3n) is 8.68. The summed E-state index contributed by atoms with van der Waals surface area (Å²) < 4.78 is 4.37. The zero-order valence-corrected chi connectivity index (χ0v) is 26.0. The van der Waals surface area contributed by atoms with E-state index in [2.05, 4.69) is 48.0 Å². The quantitative estimate of drug-likeness (QED) is 0.352. The first-order chi connectivity index (χ1) is 20.7. The van der Waals surface area contributed by atoms with Gasteiger partial charge in [0.25, 0.3) is 5.56 Å². The summed E-state index contributed by atoms with van der Waals surface area (Å²) in [5.41, 5.74) is 4.71. The normalized spacial score (nSPS) is 17.6. The molecule has 3 heterocycles. The predicted octanol–water partition coefficient (Wildman–Crippen LogP) is 4.59. The molecule has 1 N–H and O–H groups in total. The fourth-order valence-electron chi connectivity index (χ4n) is 6.09. The Morgan fingerprint density at radius 1 is 0.977 bits per heavy atom. The van der Waals surface area contributed by atoms with Crippen LogP contribution in [0.1, 0.15) is 56.6 Å². The number of rotatable bonds is 6. The molecule has 43 heavy (non-hydrogen) atoms. The molecule has 2 unspecified atom stereocenters. The predicted molar refractivity (Wildman–Crippen MR) is 170 cm³/mol. The Morgan fingerprint density at radius 2 is 1.72 bits per heavy atom. The lowest BCUT2D eigenvalue weighted by Gasteiger charge is -2.35. The Kier molecular flexibility index (Phi) is 9.37. The van der Waals surface area contributed by atoms with Crippen LogP contribution in [0.15, 0.2) is 58.4 Å². The van der Waals surface area contributed by atoms with Crippen LogP contribution < -0.4 is 21.0 Å². The number of anilines is 2. The van der Waals surface area contributed by atoms with E-state index in [0.29, 0.717) is 30.7 Å². The highest BCUT2D eigenvalue weighted by molar-refractivity contribution is 5.72. The fraction of sp³-hybridized carbons (Fsp3) is 0.485. The maximum absolute atomic E-state index is 13.0. The average molecular weight is 589 g/mol. The smallest absolute Gasteiger partial charge is 0.332 e. The Bertz CT molecular complexity index is 1690. The van der Waals surface area contributed by atoms with Crippen LogP contribution in [0.2, 0.25) is 0 Å². The van der Waals surface area contributed by atoms with E-state index in [1.807, 2.05) is 27.8 Å². The number of fused-ring (bicyclic) bond motifs is 2. The van der Waals surface area contributed by atoms with Gasteiger partial charge in [0.15, 0.2) is 16.9 Å². The molecule has 0 saturated heterocycles. The van der Waals surface area contributed by atoms with Crippen molar-refractivity contribution in [1.82, 2.24) is 23.7 Å². The summed E-state index contributed by atoms with van der Waals surface area (Å²) >= 11 is 0. The highest BCUT2D eigenvalue weighted by atomic mass is 16.7. The van der Waals surface area contributed by atoms with E-state index < -0.39 is 11.8 Å². The summed E-state index contributed by atoms with van der Waals surface area (Å²) in [6, 6.07) is 14.5. The van der Waals surface area contributed by atoms with Crippen molar-refractivity contribution in [3.05, 3.63) is 80.8 Å². The number of hydrogen-bond donors (Lipinski definition) is 1. The fourth-order valence-corrected chi connectivity index (χ4v) is 6.09. The van der Waals surface area contributed by atoms with Gasteiger partial charge in [0.1, 0.15) is 0 Å². The molecule has 2 atom stereocenters. The van der Waals surface area contributed by atoms with Gasteiger partial charge in [-0.3, -0.25) is 13.9 Å². The maximum atomic E-state index is 13.0. The summed E-state index contributed by atoms with van der Waals surface area (Å²) in [5, 5.41) is 12.5. The summed E-state index contributed by atoms with van der Waals surface area (Å²) in [5.74, 6) is 0.742. The highest BCUT2D eigenvalue weighted by Gasteiger charge is 2.26. The van der Waals surface area contributed by atoms with Crippen molar-refractivity contribution in [3.8, 4) is 5.75 Å². The van der Waals surface area contributed by atoms with E-state index in [1.54, 1.807) is 20.3 Å². The molecule has 4 aromatic rings. The maximum Gasteiger partial charge on any atom is 0.332 e. The van der Waals surface area contributed by atoms with Crippen LogP contribution in [-0.4, -0.2) is 54.1 Å².